The highest BCUT2D eigenvalue weighted by molar-refractivity contribution is 7.91. The summed E-state index contributed by atoms with van der Waals surface area (Å²) in [5.74, 6) is 0.436. The second-order valence-electron chi connectivity index (χ2n) is 9.63. The lowest BCUT2D eigenvalue weighted by Crippen LogP contribution is -2.49. The van der Waals surface area contributed by atoms with Gasteiger partial charge in [-0.1, -0.05) is 25.5 Å². The molecule has 0 bridgehead atoms. The van der Waals surface area contributed by atoms with E-state index in [0.29, 0.717) is 13.0 Å². The Morgan fingerprint density at radius 1 is 1.12 bits per heavy atom. The Morgan fingerprint density at radius 3 is 2.44 bits per heavy atom. The molecule has 3 heterocycles. The normalized spacial score (nSPS) is 20.6. The average Bonchev–Trinajstić information content (AvgIpc) is 3.31. The first kappa shape index (κ1) is 24.7. The minimum Gasteiger partial charge on any atom is -0.366 e. The van der Waals surface area contributed by atoms with Crippen molar-refractivity contribution < 1.29 is 13.2 Å². The van der Waals surface area contributed by atoms with Crippen LogP contribution in [0.4, 0.5) is 11.4 Å². The molecule has 2 aliphatic rings. The van der Waals surface area contributed by atoms with E-state index < -0.39 is 9.84 Å². The van der Waals surface area contributed by atoms with E-state index in [0.717, 1.165) is 55.4 Å². The Hall–Kier alpha value is -2.39. The van der Waals surface area contributed by atoms with Crippen LogP contribution >= 0.6 is 0 Å². The van der Waals surface area contributed by atoms with Gasteiger partial charge in [0.05, 0.1) is 41.2 Å². The van der Waals surface area contributed by atoms with Crippen molar-refractivity contribution >= 4 is 27.1 Å². The smallest absolute Gasteiger partial charge is 0.238 e. The molecule has 34 heavy (non-hydrogen) atoms. The average molecular weight is 488 g/mol. The zero-order chi connectivity index (χ0) is 24.3. The third-order valence-corrected chi connectivity index (χ3v) is 8.70. The fourth-order valence-electron chi connectivity index (χ4n) is 5.10. The predicted octanol–water partition coefficient (Wildman–Crippen LogP) is 2.96. The molecule has 9 heteroatoms. The van der Waals surface area contributed by atoms with Crippen LogP contribution < -0.4 is 10.2 Å². The van der Waals surface area contributed by atoms with Gasteiger partial charge in [-0.2, -0.15) is 5.10 Å². The van der Waals surface area contributed by atoms with Crippen molar-refractivity contribution in [1.82, 2.24) is 14.7 Å². The van der Waals surface area contributed by atoms with Crippen LogP contribution in [0.2, 0.25) is 0 Å². The summed E-state index contributed by atoms with van der Waals surface area (Å²) in [6.07, 6.45) is 4.07. The van der Waals surface area contributed by atoms with Crippen LogP contribution in [0, 0.1) is 13.8 Å². The number of piperazine rings is 1. The summed E-state index contributed by atoms with van der Waals surface area (Å²) in [5, 5.41) is 7.72. The molecule has 0 aliphatic carbocycles. The molecule has 1 amide bonds. The maximum absolute atomic E-state index is 12.6. The molecule has 1 atom stereocenters. The molecule has 1 N–H and O–H groups in total. The number of anilines is 2. The minimum absolute atomic E-state index is 0.0115. The van der Waals surface area contributed by atoms with Gasteiger partial charge in [0.25, 0.3) is 0 Å². The number of sulfone groups is 1. The van der Waals surface area contributed by atoms with Crippen LogP contribution in [-0.2, 0) is 21.1 Å². The van der Waals surface area contributed by atoms with E-state index in [4.69, 9.17) is 5.10 Å². The maximum atomic E-state index is 12.6. The van der Waals surface area contributed by atoms with Crippen molar-refractivity contribution in [1.29, 1.82) is 0 Å². The summed E-state index contributed by atoms with van der Waals surface area (Å²) in [6.45, 7) is 9.82. The van der Waals surface area contributed by atoms with Gasteiger partial charge in [0.1, 0.15) is 0 Å². The molecule has 1 unspecified atom stereocenters. The molecule has 1 aromatic heterocycles. The quantitative estimate of drug-likeness (QED) is 0.616. The number of carbonyl (C=O) groups is 1. The van der Waals surface area contributed by atoms with Crippen LogP contribution in [0.25, 0.3) is 0 Å². The van der Waals surface area contributed by atoms with E-state index in [2.05, 4.69) is 34.2 Å². The topological polar surface area (TPSA) is 87.5 Å². The standard InChI is InChI=1S/C25H37N5O3S/c1-4-5-6-21-7-9-22(10-8-21)26-24(31)17-28-12-14-29(15-13-28)25-19(2)27-30(20(25)3)23-11-16-34(32,33)18-23/h7-10,23H,4-6,11-18H2,1-3H3,(H,26,31). The van der Waals surface area contributed by atoms with Gasteiger partial charge in [0.2, 0.25) is 5.91 Å². The van der Waals surface area contributed by atoms with E-state index in [1.54, 1.807) is 0 Å². The summed E-state index contributed by atoms with van der Waals surface area (Å²) in [4.78, 5) is 17.1. The number of amides is 1. The molecule has 2 fully saturated rings. The molecule has 2 aromatic rings. The van der Waals surface area contributed by atoms with Gasteiger partial charge in [0, 0.05) is 31.9 Å². The second kappa shape index (κ2) is 10.5. The fraction of sp³-hybridized carbons (Fsp3) is 0.600. The van der Waals surface area contributed by atoms with Crippen molar-refractivity contribution in [2.24, 2.45) is 0 Å². The molecule has 8 nitrogen and oxygen atoms in total. The monoisotopic (exact) mass is 487 g/mol. The second-order valence-corrected chi connectivity index (χ2v) is 11.9. The summed E-state index contributed by atoms with van der Waals surface area (Å²) >= 11 is 0. The molecule has 4 rings (SSSR count). The molecule has 0 spiro atoms. The van der Waals surface area contributed by atoms with E-state index in [-0.39, 0.29) is 23.5 Å². The number of aromatic nitrogens is 2. The molecule has 1 aromatic carbocycles. The largest absolute Gasteiger partial charge is 0.366 e. The zero-order valence-corrected chi connectivity index (χ0v) is 21.4. The van der Waals surface area contributed by atoms with Crippen LogP contribution in [0.3, 0.4) is 0 Å². The van der Waals surface area contributed by atoms with E-state index in [9.17, 15) is 13.2 Å². The van der Waals surface area contributed by atoms with Gasteiger partial charge in [-0.25, -0.2) is 8.42 Å². The van der Waals surface area contributed by atoms with Gasteiger partial charge in [-0.05, 0) is 50.8 Å². The van der Waals surface area contributed by atoms with Crippen LogP contribution in [0.15, 0.2) is 24.3 Å². The van der Waals surface area contributed by atoms with Gasteiger partial charge in [-0.3, -0.25) is 14.4 Å². The highest BCUT2D eigenvalue weighted by atomic mass is 32.2. The predicted molar refractivity (Wildman–Crippen MR) is 136 cm³/mol. The molecular formula is C25H37N5O3S. The first-order valence-electron chi connectivity index (χ1n) is 12.4. The molecule has 2 saturated heterocycles. The number of nitrogens with one attached hydrogen (secondary N) is 1. The van der Waals surface area contributed by atoms with Crippen molar-refractivity contribution in [2.45, 2.75) is 52.5 Å². The van der Waals surface area contributed by atoms with Gasteiger partial charge in [-0.15, -0.1) is 0 Å². The maximum Gasteiger partial charge on any atom is 0.238 e. The Labute approximate surface area is 203 Å². The van der Waals surface area contributed by atoms with Crippen molar-refractivity contribution in [3.63, 3.8) is 0 Å². The number of unbranched alkanes of at least 4 members (excludes halogenated alkanes) is 1. The Morgan fingerprint density at radius 2 is 1.82 bits per heavy atom. The first-order valence-corrected chi connectivity index (χ1v) is 14.2. The third kappa shape index (κ3) is 5.81. The van der Waals surface area contributed by atoms with Gasteiger partial charge in [0.15, 0.2) is 9.84 Å². The lowest BCUT2D eigenvalue weighted by Gasteiger charge is -2.36. The number of carbonyl (C=O) groups excluding carboxylic acids is 1. The number of aryl methyl sites for hydroxylation is 2. The van der Waals surface area contributed by atoms with E-state index >= 15 is 0 Å². The summed E-state index contributed by atoms with van der Waals surface area (Å²) in [5.41, 5.74) is 5.23. The first-order chi connectivity index (χ1) is 16.3. The van der Waals surface area contributed by atoms with E-state index in [1.165, 1.54) is 18.4 Å². The Balaban J connectivity index is 1.29. The lowest BCUT2D eigenvalue weighted by molar-refractivity contribution is -0.117. The van der Waals surface area contributed by atoms with Gasteiger partial charge >= 0.3 is 0 Å². The third-order valence-electron chi connectivity index (χ3n) is 6.95. The molecule has 0 saturated carbocycles. The van der Waals surface area contributed by atoms with Crippen LogP contribution in [-0.4, -0.2) is 73.2 Å². The molecule has 186 valence electrons. The number of rotatable bonds is 8. The lowest BCUT2D eigenvalue weighted by atomic mass is 10.1. The SMILES string of the molecule is CCCCc1ccc(NC(=O)CN2CCN(c3c(C)nn(C4CCS(=O)(=O)C4)c3C)CC2)cc1. The summed E-state index contributed by atoms with van der Waals surface area (Å²) < 4.78 is 25.8. The number of hydrogen-bond acceptors (Lipinski definition) is 6. The zero-order valence-electron chi connectivity index (χ0n) is 20.6. The number of nitrogens with zero attached hydrogens (tertiary/aromatic N) is 4. The summed E-state index contributed by atoms with van der Waals surface area (Å²) in [6, 6.07) is 8.09. The highest BCUT2D eigenvalue weighted by Gasteiger charge is 2.32. The molecule has 2 aliphatic heterocycles. The molecule has 0 radical (unpaired) electrons. The van der Waals surface area contributed by atoms with Crippen molar-refractivity contribution in [3.05, 3.63) is 41.2 Å². The van der Waals surface area contributed by atoms with Crippen LogP contribution in [0.5, 0.6) is 0 Å². The Kier molecular flexibility index (Phi) is 7.62. The molecular weight excluding hydrogens is 450 g/mol. The summed E-state index contributed by atoms with van der Waals surface area (Å²) in [7, 11) is -2.96. The highest BCUT2D eigenvalue weighted by Crippen LogP contribution is 2.31. The Bertz CT molecular complexity index is 1100. The number of hydrogen-bond donors (Lipinski definition) is 1. The van der Waals surface area contributed by atoms with Crippen molar-refractivity contribution in [2.75, 3.05) is 54.4 Å². The van der Waals surface area contributed by atoms with Gasteiger partial charge < -0.3 is 10.2 Å². The van der Waals surface area contributed by atoms with Crippen molar-refractivity contribution in [3.8, 4) is 0 Å². The van der Waals surface area contributed by atoms with Crippen LogP contribution in [0.1, 0.15) is 49.2 Å². The minimum atomic E-state index is -2.96. The fourth-order valence-corrected chi connectivity index (χ4v) is 6.80. The number of benzene rings is 1. The van der Waals surface area contributed by atoms with E-state index in [1.807, 2.05) is 30.7 Å².